The van der Waals surface area contributed by atoms with Crippen LogP contribution in [0.4, 0.5) is 13.2 Å². The number of hydrogen-bond acceptors (Lipinski definition) is 2. The van der Waals surface area contributed by atoms with Crippen molar-refractivity contribution >= 4 is 0 Å². The number of pyridine rings is 1. The standard InChI is InChI=1S/C14H19F3N2O/c15-14(16,17)11-6-7-13(20)19(10-11)9-8-18-12-4-2-1-3-5-12/h6-7,10,12,18H,1-5,8-9H2. The predicted molar refractivity (Wildman–Crippen MR) is 70.6 cm³/mol. The monoisotopic (exact) mass is 288 g/mol. The molecule has 0 aromatic carbocycles. The number of nitrogens with one attached hydrogen (secondary N) is 1. The van der Waals surface area contributed by atoms with Crippen molar-refractivity contribution in [2.24, 2.45) is 0 Å². The summed E-state index contributed by atoms with van der Waals surface area (Å²) in [5.41, 5.74) is -1.18. The maximum absolute atomic E-state index is 12.6. The Labute approximate surface area is 115 Å². The zero-order valence-corrected chi connectivity index (χ0v) is 11.2. The Morgan fingerprint density at radius 2 is 1.90 bits per heavy atom. The molecule has 0 unspecified atom stereocenters. The lowest BCUT2D eigenvalue weighted by Crippen LogP contribution is -2.35. The molecule has 1 aromatic rings. The van der Waals surface area contributed by atoms with E-state index in [1.807, 2.05) is 0 Å². The van der Waals surface area contributed by atoms with Gasteiger partial charge in [-0.3, -0.25) is 4.79 Å². The highest BCUT2D eigenvalue weighted by Crippen LogP contribution is 2.27. The van der Waals surface area contributed by atoms with Gasteiger partial charge in [-0.25, -0.2) is 0 Å². The molecule has 112 valence electrons. The van der Waals surface area contributed by atoms with Gasteiger partial charge in [-0.05, 0) is 18.9 Å². The summed E-state index contributed by atoms with van der Waals surface area (Å²) in [6, 6.07) is 2.24. The molecular formula is C14H19F3N2O. The Kier molecular flexibility index (Phi) is 4.86. The predicted octanol–water partition coefficient (Wildman–Crippen LogP) is 2.79. The summed E-state index contributed by atoms with van der Waals surface area (Å²) in [6.07, 6.45) is 2.35. The molecule has 6 heteroatoms. The van der Waals surface area contributed by atoms with Crippen molar-refractivity contribution in [2.45, 2.75) is 50.9 Å². The molecule has 0 aliphatic heterocycles. The van der Waals surface area contributed by atoms with E-state index in [1.54, 1.807) is 0 Å². The van der Waals surface area contributed by atoms with Crippen LogP contribution in [0.3, 0.4) is 0 Å². The molecule has 3 nitrogen and oxygen atoms in total. The summed E-state index contributed by atoms with van der Waals surface area (Å²) < 4.78 is 38.9. The zero-order chi connectivity index (χ0) is 14.6. The van der Waals surface area contributed by atoms with Gasteiger partial charge in [0.1, 0.15) is 0 Å². The minimum absolute atomic E-state index is 0.263. The Balaban J connectivity index is 1.93. The number of alkyl halides is 3. The lowest BCUT2D eigenvalue weighted by molar-refractivity contribution is -0.138. The van der Waals surface area contributed by atoms with E-state index in [9.17, 15) is 18.0 Å². The zero-order valence-electron chi connectivity index (χ0n) is 11.2. The Bertz CT molecular complexity index is 490. The quantitative estimate of drug-likeness (QED) is 0.924. The van der Waals surface area contributed by atoms with Gasteiger partial charge < -0.3 is 9.88 Å². The lowest BCUT2D eigenvalue weighted by atomic mass is 9.95. The first-order valence-electron chi connectivity index (χ1n) is 6.98. The summed E-state index contributed by atoms with van der Waals surface area (Å²) in [6.45, 7) is 0.783. The van der Waals surface area contributed by atoms with E-state index in [2.05, 4.69) is 5.32 Å². The molecule has 1 fully saturated rings. The number of aromatic nitrogens is 1. The third-order valence-corrected chi connectivity index (χ3v) is 3.70. The van der Waals surface area contributed by atoms with E-state index < -0.39 is 17.3 Å². The molecule has 1 aliphatic carbocycles. The fourth-order valence-electron chi connectivity index (χ4n) is 2.57. The van der Waals surface area contributed by atoms with Crippen molar-refractivity contribution in [3.8, 4) is 0 Å². The van der Waals surface area contributed by atoms with Gasteiger partial charge in [0.25, 0.3) is 5.56 Å². The van der Waals surface area contributed by atoms with E-state index in [0.717, 1.165) is 35.7 Å². The van der Waals surface area contributed by atoms with Gasteiger partial charge in [-0.2, -0.15) is 13.2 Å². The number of halogens is 3. The van der Waals surface area contributed by atoms with E-state index in [0.29, 0.717) is 12.6 Å². The van der Waals surface area contributed by atoms with Crippen LogP contribution in [0.25, 0.3) is 0 Å². The second-order valence-electron chi connectivity index (χ2n) is 5.24. The van der Waals surface area contributed by atoms with Gasteiger partial charge >= 0.3 is 6.18 Å². The number of hydrogen-bond donors (Lipinski definition) is 1. The molecule has 1 heterocycles. The Hall–Kier alpha value is -1.30. The molecule has 1 aliphatic rings. The first kappa shape index (κ1) is 15.1. The van der Waals surface area contributed by atoms with Gasteiger partial charge in [-0.1, -0.05) is 19.3 Å². The molecule has 0 bridgehead atoms. The first-order valence-corrected chi connectivity index (χ1v) is 6.98. The largest absolute Gasteiger partial charge is 0.417 e. The van der Waals surface area contributed by atoms with E-state index in [-0.39, 0.29) is 6.54 Å². The van der Waals surface area contributed by atoms with Crippen molar-refractivity contribution in [3.63, 3.8) is 0 Å². The first-order chi connectivity index (χ1) is 9.47. The van der Waals surface area contributed by atoms with Crippen molar-refractivity contribution in [1.82, 2.24) is 9.88 Å². The average molecular weight is 288 g/mol. The van der Waals surface area contributed by atoms with E-state index in [4.69, 9.17) is 0 Å². The van der Waals surface area contributed by atoms with Gasteiger partial charge in [0.15, 0.2) is 0 Å². The molecule has 2 rings (SSSR count). The van der Waals surface area contributed by atoms with E-state index >= 15 is 0 Å². The molecule has 1 saturated carbocycles. The van der Waals surface area contributed by atoms with Crippen LogP contribution in [0.15, 0.2) is 23.1 Å². The molecule has 0 saturated heterocycles. The molecular weight excluding hydrogens is 269 g/mol. The minimum atomic E-state index is -4.41. The van der Waals surface area contributed by atoms with Crippen molar-refractivity contribution < 1.29 is 13.2 Å². The molecule has 0 amide bonds. The smallest absolute Gasteiger partial charge is 0.314 e. The molecule has 0 atom stereocenters. The fourth-order valence-corrected chi connectivity index (χ4v) is 2.57. The SMILES string of the molecule is O=c1ccc(C(F)(F)F)cn1CCNC1CCCCC1. The second kappa shape index (κ2) is 6.43. The van der Waals surface area contributed by atoms with Crippen LogP contribution < -0.4 is 10.9 Å². The number of rotatable bonds is 4. The van der Waals surface area contributed by atoms with Crippen LogP contribution in [0.5, 0.6) is 0 Å². The van der Waals surface area contributed by atoms with Crippen molar-refractivity contribution in [1.29, 1.82) is 0 Å². The highest BCUT2D eigenvalue weighted by atomic mass is 19.4. The number of nitrogens with zero attached hydrogens (tertiary/aromatic N) is 1. The topological polar surface area (TPSA) is 34.0 Å². The van der Waals surface area contributed by atoms with Crippen molar-refractivity contribution in [3.05, 3.63) is 34.2 Å². The molecule has 0 radical (unpaired) electrons. The lowest BCUT2D eigenvalue weighted by Gasteiger charge is -2.23. The maximum atomic E-state index is 12.6. The van der Waals surface area contributed by atoms with Gasteiger partial charge in [0, 0.05) is 31.4 Å². The Morgan fingerprint density at radius 1 is 1.20 bits per heavy atom. The third-order valence-electron chi connectivity index (χ3n) is 3.70. The van der Waals surface area contributed by atoms with Crippen LogP contribution in [0, 0.1) is 0 Å². The van der Waals surface area contributed by atoms with Gasteiger partial charge in [-0.15, -0.1) is 0 Å². The Morgan fingerprint density at radius 3 is 2.55 bits per heavy atom. The maximum Gasteiger partial charge on any atom is 0.417 e. The summed E-state index contributed by atoms with van der Waals surface area (Å²) in [5, 5.41) is 3.31. The third kappa shape index (κ3) is 4.10. The average Bonchev–Trinajstić information content (AvgIpc) is 2.41. The highest BCUT2D eigenvalue weighted by molar-refractivity contribution is 5.13. The fraction of sp³-hybridized carbons (Fsp3) is 0.643. The van der Waals surface area contributed by atoms with Crippen LogP contribution in [-0.4, -0.2) is 17.2 Å². The van der Waals surface area contributed by atoms with Gasteiger partial charge in [0.05, 0.1) is 5.56 Å². The van der Waals surface area contributed by atoms with Crippen LogP contribution in [0.1, 0.15) is 37.7 Å². The summed E-state index contributed by atoms with van der Waals surface area (Å²) >= 11 is 0. The van der Waals surface area contributed by atoms with E-state index in [1.165, 1.54) is 19.3 Å². The minimum Gasteiger partial charge on any atom is -0.314 e. The van der Waals surface area contributed by atoms with Crippen LogP contribution >= 0.6 is 0 Å². The summed E-state index contributed by atoms with van der Waals surface area (Å²) in [5.74, 6) is 0. The molecule has 1 N–H and O–H groups in total. The molecule has 20 heavy (non-hydrogen) atoms. The van der Waals surface area contributed by atoms with Gasteiger partial charge in [0.2, 0.25) is 0 Å². The van der Waals surface area contributed by atoms with Crippen molar-refractivity contribution in [2.75, 3.05) is 6.54 Å². The van der Waals surface area contributed by atoms with Crippen LogP contribution in [0.2, 0.25) is 0 Å². The molecule has 0 spiro atoms. The molecule has 1 aromatic heterocycles. The highest BCUT2D eigenvalue weighted by Gasteiger charge is 2.30. The van der Waals surface area contributed by atoms with Crippen LogP contribution in [-0.2, 0) is 12.7 Å². The normalized spacial score (nSPS) is 17.4. The summed E-state index contributed by atoms with van der Waals surface area (Å²) in [4.78, 5) is 11.5. The summed E-state index contributed by atoms with van der Waals surface area (Å²) in [7, 11) is 0. The second-order valence-corrected chi connectivity index (χ2v) is 5.24.